The van der Waals surface area contributed by atoms with Gasteiger partial charge in [-0.1, -0.05) is 6.58 Å². The first-order chi connectivity index (χ1) is 13.7. The number of carbonyl (C=O) groups is 2. The number of nitrogens with zero attached hydrogens (tertiary/aromatic N) is 2. The molecule has 0 saturated heterocycles. The molecule has 1 heterocycles. The number of carbonyl (C=O) groups excluding carboxylic acids is 2. The largest absolute Gasteiger partial charge is 0.402 e. The van der Waals surface area contributed by atoms with E-state index in [0.29, 0.717) is 50.3 Å². The van der Waals surface area contributed by atoms with Gasteiger partial charge in [0.25, 0.3) is 0 Å². The summed E-state index contributed by atoms with van der Waals surface area (Å²) in [4.78, 5) is 24.5. The van der Waals surface area contributed by atoms with Crippen LogP contribution in [0.25, 0.3) is 0 Å². The second-order valence-corrected chi connectivity index (χ2v) is 10.6. The van der Waals surface area contributed by atoms with Crippen LogP contribution >= 0.6 is 11.8 Å². The molecule has 1 aromatic rings. The molecule has 8 nitrogen and oxygen atoms in total. The zero-order chi connectivity index (χ0) is 21.2. The van der Waals surface area contributed by atoms with Crippen molar-refractivity contribution in [2.75, 3.05) is 0 Å². The third-order valence-corrected chi connectivity index (χ3v) is 7.91. The van der Waals surface area contributed by atoms with Crippen LogP contribution in [-0.2, 0) is 19.4 Å². The second-order valence-electron chi connectivity index (χ2n) is 7.28. The second kappa shape index (κ2) is 8.70. The van der Waals surface area contributed by atoms with Gasteiger partial charge in [0.05, 0.1) is 16.5 Å². The molecule has 2 aliphatic rings. The minimum absolute atomic E-state index is 0.00692. The van der Waals surface area contributed by atoms with Crippen LogP contribution in [0.3, 0.4) is 0 Å². The summed E-state index contributed by atoms with van der Waals surface area (Å²) >= 11 is 0.569. The molecule has 0 bridgehead atoms. The topological polar surface area (TPSA) is 124 Å². The van der Waals surface area contributed by atoms with Gasteiger partial charge in [-0.25, -0.2) is 8.42 Å². The third kappa shape index (κ3) is 5.27. The first-order valence-electron chi connectivity index (χ1n) is 9.25. The van der Waals surface area contributed by atoms with Crippen molar-refractivity contribution in [2.24, 2.45) is 11.7 Å². The van der Waals surface area contributed by atoms with Crippen LogP contribution in [0, 0.1) is 5.92 Å². The van der Waals surface area contributed by atoms with Crippen molar-refractivity contribution in [3.05, 3.63) is 35.4 Å². The normalized spacial score (nSPS) is 21.2. The molecule has 158 valence electrons. The minimum atomic E-state index is -3.44. The Kier molecular flexibility index (Phi) is 6.47. The molecule has 29 heavy (non-hydrogen) atoms. The zero-order valence-corrected chi connectivity index (χ0v) is 17.3. The average Bonchev–Trinajstić information content (AvgIpc) is 3.27. The Balaban J connectivity index is 1.79. The summed E-state index contributed by atoms with van der Waals surface area (Å²) in [6, 6.07) is -0.851. The standard InChI is InChI=1S/C18H23FN4O4S2/c1-11(28-17(19)8-20)22-18(25)16(7-12-2-3-13(24)6-12)23-10-15(9-21-23)29(26,27)14-4-5-14/h8-10,12,14,16H,1-7,20H2,(H,22,25)/b17-8-/t12-,16+/m1/s1. The highest BCUT2D eigenvalue weighted by Gasteiger charge is 2.38. The molecular weight excluding hydrogens is 419 g/mol. The summed E-state index contributed by atoms with van der Waals surface area (Å²) in [7, 11) is -3.44. The van der Waals surface area contributed by atoms with E-state index < -0.39 is 26.9 Å². The number of nitrogens with one attached hydrogen (secondary N) is 1. The van der Waals surface area contributed by atoms with Crippen molar-refractivity contribution in [3.63, 3.8) is 0 Å². The molecular formula is C18H23FN4O4S2. The van der Waals surface area contributed by atoms with Crippen LogP contribution in [0.5, 0.6) is 0 Å². The van der Waals surface area contributed by atoms with E-state index in [0.717, 1.165) is 6.20 Å². The quantitative estimate of drug-likeness (QED) is 0.600. The maximum absolute atomic E-state index is 13.3. The van der Waals surface area contributed by atoms with Crippen molar-refractivity contribution in [2.45, 2.75) is 54.7 Å². The summed E-state index contributed by atoms with van der Waals surface area (Å²) in [5, 5.41) is 5.56. The van der Waals surface area contributed by atoms with E-state index >= 15 is 0 Å². The fraction of sp³-hybridized carbons (Fsp3) is 0.500. The number of amides is 1. The molecule has 3 N–H and O–H groups in total. The first-order valence-corrected chi connectivity index (χ1v) is 11.6. The number of Topliss-reactive ketones (excluding diaryl/α,β-unsaturated/α-hetero) is 1. The van der Waals surface area contributed by atoms with Gasteiger partial charge in [0.2, 0.25) is 5.91 Å². The molecule has 2 fully saturated rings. The van der Waals surface area contributed by atoms with Gasteiger partial charge in [0.15, 0.2) is 15.0 Å². The smallest absolute Gasteiger partial charge is 0.249 e. The fourth-order valence-electron chi connectivity index (χ4n) is 3.35. The average molecular weight is 443 g/mol. The van der Waals surface area contributed by atoms with Crippen LogP contribution < -0.4 is 11.1 Å². The Labute approximate surface area is 172 Å². The Morgan fingerprint density at radius 3 is 2.79 bits per heavy atom. The number of aromatic nitrogens is 2. The van der Waals surface area contributed by atoms with E-state index in [2.05, 4.69) is 17.0 Å². The third-order valence-electron chi connectivity index (χ3n) is 5.01. The highest BCUT2D eigenvalue weighted by atomic mass is 32.2. The van der Waals surface area contributed by atoms with Gasteiger partial charge >= 0.3 is 0 Å². The number of sulfone groups is 1. The molecule has 2 atom stereocenters. The van der Waals surface area contributed by atoms with Gasteiger partial charge in [-0.05, 0) is 43.4 Å². The molecule has 1 aromatic heterocycles. The van der Waals surface area contributed by atoms with Gasteiger partial charge in [0.1, 0.15) is 16.7 Å². The van der Waals surface area contributed by atoms with Crippen molar-refractivity contribution >= 4 is 33.3 Å². The number of rotatable bonds is 9. The van der Waals surface area contributed by atoms with E-state index in [1.807, 2.05) is 0 Å². The molecule has 0 radical (unpaired) electrons. The monoisotopic (exact) mass is 442 g/mol. The van der Waals surface area contributed by atoms with Crippen molar-refractivity contribution < 1.29 is 22.4 Å². The lowest BCUT2D eigenvalue weighted by Gasteiger charge is -2.20. The molecule has 0 aromatic carbocycles. The van der Waals surface area contributed by atoms with Crippen LogP contribution in [0.15, 0.2) is 40.3 Å². The van der Waals surface area contributed by atoms with Crippen LogP contribution in [0.4, 0.5) is 4.39 Å². The SMILES string of the molecule is C=C(NC(=O)[C@H](C[C@@H]1CCC(=O)C1)n1cc(S(=O)(=O)C2CC2)cn1)S/C(F)=C\N. The minimum Gasteiger partial charge on any atom is -0.402 e. The lowest BCUT2D eigenvalue weighted by atomic mass is 9.98. The van der Waals surface area contributed by atoms with Gasteiger partial charge in [-0.3, -0.25) is 14.3 Å². The van der Waals surface area contributed by atoms with Gasteiger partial charge < -0.3 is 11.1 Å². The zero-order valence-electron chi connectivity index (χ0n) is 15.7. The van der Waals surface area contributed by atoms with Crippen molar-refractivity contribution in [3.8, 4) is 0 Å². The predicted octanol–water partition coefficient (Wildman–Crippen LogP) is 2.17. The maximum atomic E-state index is 13.3. The summed E-state index contributed by atoms with van der Waals surface area (Å²) in [5.41, 5.74) is 5.08. The number of thioether (sulfide) groups is 1. The highest BCUT2D eigenvalue weighted by Crippen LogP contribution is 2.35. The summed E-state index contributed by atoms with van der Waals surface area (Å²) in [6.45, 7) is 3.59. The molecule has 1 amide bonds. The molecule has 11 heteroatoms. The Hall–Kier alpha value is -2.14. The molecule has 0 unspecified atom stereocenters. The van der Waals surface area contributed by atoms with E-state index in [9.17, 15) is 22.4 Å². The highest BCUT2D eigenvalue weighted by molar-refractivity contribution is 8.06. The summed E-state index contributed by atoms with van der Waals surface area (Å²) < 4.78 is 39.5. The Morgan fingerprint density at radius 2 is 2.21 bits per heavy atom. The molecule has 0 spiro atoms. The number of hydrogen-bond acceptors (Lipinski definition) is 7. The number of halogens is 1. The van der Waals surface area contributed by atoms with Crippen molar-refractivity contribution in [1.82, 2.24) is 15.1 Å². The maximum Gasteiger partial charge on any atom is 0.249 e. The Bertz CT molecular complexity index is 953. The van der Waals surface area contributed by atoms with Gasteiger partial charge in [-0.2, -0.15) is 9.49 Å². The van der Waals surface area contributed by atoms with Crippen molar-refractivity contribution in [1.29, 1.82) is 0 Å². The lowest BCUT2D eigenvalue weighted by Crippen LogP contribution is -2.32. The fourth-order valence-corrected chi connectivity index (χ4v) is 5.40. The van der Waals surface area contributed by atoms with E-state index in [1.165, 1.54) is 17.1 Å². The predicted molar refractivity (Wildman–Crippen MR) is 107 cm³/mol. The van der Waals surface area contributed by atoms with E-state index in [1.54, 1.807) is 0 Å². The van der Waals surface area contributed by atoms with Crippen LogP contribution in [0.2, 0.25) is 0 Å². The lowest BCUT2D eigenvalue weighted by molar-refractivity contribution is -0.124. The summed E-state index contributed by atoms with van der Waals surface area (Å²) in [6.07, 6.45) is 6.42. The number of hydrogen-bond donors (Lipinski definition) is 2. The summed E-state index contributed by atoms with van der Waals surface area (Å²) in [5.74, 6) is -0.376. The van der Waals surface area contributed by atoms with Gasteiger partial charge in [-0.15, -0.1) is 0 Å². The van der Waals surface area contributed by atoms with Crippen LogP contribution in [-0.4, -0.2) is 35.1 Å². The Morgan fingerprint density at radius 1 is 1.48 bits per heavy atom. The van der Waals surface area contributed by atoms with Gasteiger partial charge in [0, 0.05) is 25.2 Å². The first kappa shape index (κ1) is 21.6. The van der Waals surface area contributed by atoms with Crippen LogP contribution in [0.1, 0.15) is 44.6 Å². The molecule has 2 saturated carbocycles. The molecule has 3 rings (SSSR count). The molecule has 2 aliphatic carbocycles. The number of ketones is 1. The van der Waals surface area contributed by atoms with E-state index in [-0.39, 0.29) is 26.9 Å². The molecule has 0 aliphatic heterocycles. The number of nitrogens with two attached hydrogens (primary N) is 1. The van der Waals surface area contributed by atoms with E-state index in [4.69, 9.17) is 5.73 Å².